The summed E-state index contributed by atoms with van der Waals surface area (Å²) < 4.78 is 0. The molecule has 0 radical (unpaired) electrons. The Morgan fingerprint density at radius 1 is 0.909 bits per heavy atom. The number of nitrogens with zero attached hydrogens (tertiary/aromatic N) is 3. The number of quaternary nitrogens is 2. The molecule has 4 aromatic rings. The zero-order valence-electron chi connectivity index (χ0n) is 18.9. The predicted octanol–water partition coefficient (Wildman–Crippen LogP) is 1.78. The van der Waals surface area contributed by atoms with E-state index < -0.39 is 0 Å². The lowest BCUT2D eigenvalue weighted by Crippen LogP contribution is -2.90. The summed E-state index contributed by atoms with van der Waals surface area (Å²) in [6, 6.07) is 21.6. The number of piperazine rings is 1. The molecule has 0 atom stereocenters. The van der Waals surface area contributed by atoms with E-state index in [1.807, 2.05) is 6.20 Å². The average molecular weight is 440 g/mol. The summed E-state index contributed by atoms with van der Waals surface area (Å²) in [6.07, 6.45) is 5.67. The Morgan fingerprint density at radius 3 is 2.36 bits per heavy atom. The lowest BCUT2D eigenvalue weighted by molar-refractivity contribution is -0.656. The van der Waals surface area contributed by atoms with Crippen molar-refractivity contribution < 1.29 is 16.0 Å². The van der Waals surface area contributed by atoms with Gasteiger partial charge in [0.1, 0.15) is 31.7 Å². The molecule has 2 fully saturated rings. The van der Waals surface area contributed by atoms with E-state index in [4.69, 9.17) is 9.97 Å². The van der Waals surface area contributed by atoms with Gasteiger partial charge in [-0.1, -0.05) is 59.6 Å². The summed E-state index contributed by atoms with van der Waals surface area (Å²) >= 11 is 0. The quantitative estimate of drug-likeness (QED) is 0.508. The van der Waals surface area contributed by atoms with E-state index in [-0.39, 0.29) is 5.54 Å². The van der Waals surface area contributed by atoms with Crippen LogP contribution in [0, 0.1) is 0 Å². The lowest BCUT2D eigenvalue weighted by atomic mass is 9.72. The number of aromatic nitrogens is 3. The standard InChI is InChI=1S/C27H28N6/c28-27(11-4-12-27)22-9-7-20(8-10-22)24-23(19-5-2-1-3-6-19)17-21-18-30-26(32-25(21)31-24)33-15-13-29-14-16-33/h1-3,5-10,17-18,29H,4,11-16,28H2/p+3. The second kappa shape index (κ2) is 8.21. The highest BCUT2D eigenvalue weighted by atomic mass is 15.3. The number of benzene rings is 2. The summed E-state index contributed by atoms with van der Waals surface area (Å²) in [5, 5.41) is 3.37. The molecule has 1 saturated heterocycles. The molecule has 1 aliphatic carbocycles. The van der Waals surface area contributed by atoms with Crippen molar-refractivity contribution in [2.24, 2.45) is 0 Å². The number of pyridine rings is 1. The van der Waals surface area contributed by atoms with E-state index in [0.717, 1.165) is 65.5 Å². The van der Waals surface area contributed by atoms with Gasteiger partial charge in [-0.3, -0.25) is 4.90 Å². The van der Waals surface area contributed by atoms with Gasteiger partial charge < -0.3 is 11.1 Å². The van der Waals surface area contributed by atoms with E-state index in [1.54, 1.807) is 0 Å². The zero-order chi connectivity index (χ0) is 22.3. The molecule has 0 amide bonds. The summed E-state index contributed by atoms with van der Waals surface area (Å²) in [5.74, 6) is 0.904. The SMILES string of the molecule is [NH3+]C1(c2ccc(-c3nc4nc(N5CC[NH2+]CC5)[nH+]cc4cc3-c3ccccc3)cc2)CCC1. The molecule has 6 N–H and O–H groups in total. The van der Waals surface area contributed by atoms with Gasteiger partial charge in [0, 0.05) is 29.5 Å². The van der Waals surface area contributed by atoms with Crippen LogP contribution in [0.1, 0.15) is 24.8 Å². The minimum Gasteiger partial charge on any atom is -0.349 e. The molecule has 2 aliphatic rings. The number of fused-ring (bicyclic) bond motifs is 1. The second-order valence-electron chi connectivity index (χ2n) is 9.45. The maximum atomic E-state index is 5.12. The van der Waals surface area contributed by atoms with Crippen LogP contribution in [0.2, 0.25) is 0 Å². The third kappa shape index (κ3) is 3.75. The number of hydrogen-bond acceptors (Lipinski definition) is 3. The molecular formula is C27H31N6+3. The van der Waals surface area contributed by atoms with E-state index in [2.05, 4.69) is 81.6 Å². The fourth-order valence-electron chi connectivity index (χ4n) is 5.05. The molecule has 166 valence electrons. The molecule has 6 nitrogen and oxygen atoms in total. The Bertz CT molecular complexity index is 1280. The van der Waals surface area contributed by atoms with Crippen LogP contribution in [0.5, 0.6) is 0 Å². The van der Waals surface area contributed by atoms with E-state index in [1.165, 1.54) is 24.8 Å². The molecule has 3 heterocycles. The van der Waals surface area contributed by atoms with Gasteiger partial charge in [-0.2, -0.15) is 0 Å². The Balaban J connectivity index is 1.47. The van der Waals surface area contributed by atoms with Crippen molar-refractivity contribution in [1.82, 2.24) is 9.97 Å². The van der Waals surface area contributed by atoms with Crippen LogP contribution in [0.15, 0.2) is 66.9 Å². The fourth-order valence-corrected chi connectivity index (χ4v) is 5.05. The van der Waals surface area contributed by atoms with Crippen molar-refractivity contribution in [2.75, 3.05) is 31.1 Å². The van der Waals surface area contributed by atoms with E-state index in [9.17, 15) is 0 Å². The van der Waals surface area contributed by atoms with Crippen LogP contribution in [-0.2, 0) is 5.54 Å². The maximum absolute atomic E-state index is 5.12. The van der Waals surface area contributed by atoms with Gasteiger partial charge in [-0.15, -0.1) is 0 Å². The summed E-state index contributed by atoms with van der Waals surface area (Å²) in [7, 11) is 0. The first-order valence-corrected chi connectivity index (χ1v) is 12.0. The lowest BCUT2D eigenvalue weighted by Gasteiger charge is -2.34. The van der Waals surface area contributed by atoms with Crippen LogP contribution in [0.25, 0.3) is 33.4 Å². The van der Waals surface area contributed by atoms with Gasteiger partial charge in [0.15, 0.2) is 0 Å². The van der Waals surface area contributed by atoms with E-state index >= 15 is 0 Å². The Hall–Kier alpha value is -3.35. The number of nitrogens with two attached hydrogens (primary N) is 1. The first kappa shape index (κ1) is 20.3. The number of aromatic amines is 1. The maximum Gasteiger partial charge on any atom is 0.394 e. The smallest absolute Gasteiger partial charge is 0.349 e. The highest BCUT2D eigenvalue weighted by Crippen LogP contribution is 2.38. The molecule has 1 saturated carbocycles. The van der Waals surface area contributed by atoms with Crippen molar-refractivity contribution in [2.45, 2.75) is 24.8 Å². The third-order valence-corrected chi connectivity index (χ3v) is 7.27. The van der Waals surface area contributed by atoms with Crippen LogP contribution in [0.4, 0.5) is 5.95 Å². The minimum atomic E-state index is 0.0930. The minimum absolute atomic E-state index is 0.0930. The Labute approximate surface area is 193 Å². The number of anilines is 1. The van der Waals surface area contributed by atoms with Gasteiger partial charge in [-0.05, 0) is 18.1 Å². The Kier molecular flexibility index (Phi) is 5.04. The first-order chi connectivity index (χ1) is 16.2. The molecular weight excluding hydrogens is 408 g/mol. The topological polar surface area (TPSA) is 87.4 Å². The number of nitrogens with one attached hydrogen (secondary N) is 1. The Morgan fingerprint density at radius 2 is 1.67 bits per heavy atom. The molecule has 2 aromatic carbocycles. The summed E-state index contributed by atoms with van der Waals surface area (Å²) in [5.41, 5.74) is 11.1. The summed E-state index contributed by atoms with van der Waals surface area (Å²) in [6.45, 7) is 4.19. The largest absolute Gasteiger partial charge is 0.394 e. The van der Waals surface area contributed by atoms with Crippen LogP contribution in [0.3, 0.4) is 0 Å². The average Bonchev–Trinajstić information content (AvgIpc) is 2.87. The van der Waals surface area contributed by atoms with Gasteiger partial charge in [-0.25, -0.2) is 9.97 Å². The highest BCUT2D eigenvalue weighted by Gasteiger charge is 2.38. The molecule has 0 spiro atoms. The summed E-state index contributed by atoms with van der Waals surface area (Å²) in [4.78, 5) is 15.8. The third-order valence-electron chi connectivity index (χ3n) is 7.27. The normalized spacial score (nSPS) is 17.7. The van der Waals surface area contributed by atoms with Gasteiger partial charge >= 0.3 is 5.95 Å². The van der Waals surface area contributed by atoms with Crippen molar-refractivity contribution >= 4 is 17.0 Å². The molecule has 2 aromatic heterocycles. The van der Waals surface area contributed by atoms with Gasteiger partial charge in [0.25, 0.3) is 0 Å². The zero-order valence-corrected chi connectivity index (χ0v) is 18.9. The van der Waals surface area contributed by atoms with Gasteiger partial charge in [0.2, 0.25) is 5.65 Å². The first-order valence-electron chi connectivity index (χ1n) is 12.0. The molecule has 33 heavy (non-hydrogen) atoms. The molecule has 6 rings (SSSR count). The van der Waals surface area contributed by atoms with Crippen molar-refractivity contribution in [3.63, 3.8) is 0 Å². The van der Waals surface area contributed by atoms with Crippen LogP contribution in [-0.4, -0.2) is 36.1 Å². The number of hydrogen-bond donors (Lipinski definition) is 2. The molecule has 0 unspecified atom stereocenters. The van der Waals surface area contributed by atoms with Crippen molar-refractivity contribution in [3.8, 4) is 22.4 Å². The second-order valence-corrected chi connectivity index (χ2v) is 9.45. The highest BCUT2D eigenvalue weighted by molar-refractivity contribution is 5.89. The molecule has 1 aliphatic heterocycles. The van der Waals surface area contributed by atoms with E-state index in [0.29, 0.717) is 0 Å². The number of rotatable bonds is 4. The monoisotopic (exact) mass is 439 g/mol. The van der Waals surface area contributed by atoms with Gasteiger partial charge in [0.05, 0.1) is 17.3 Å². The fraction of sp³-hybridized carbons (Fsp3) is 0.296. The van der Waals surface area contributed by atoms with Crippen LogP contribution >= 0.6 is 0 Å². The molecule has 0 bridgehead atoms. The predicted molar refractivity (Wildman–Crippen MR) is 129 cm³/mol. The van der Waals surface area contributed by atoms with Crippen molar-refractivity contribution in [1.29, 1.82) is 0 Å². The molecule has 6 heteroatoms. The van der Waals surface area contributed by atoms with Crippen molar-refractivity contribution in [3.05, 3.63) is 72.4 Å². The van der Waals surface area contributed by atoms with Crippen LogP contribution < -0.4 is 20.9 Å². The number of H-pyrrole nitrogens is 1.